The molecule has 0 radical (unpaired) electrons. The SMILES string of the molecule is CCC(C)C(=O)c1nn(C)c2ccccc12. The first-order chi connectivity index (χ1) is 7.65. The Morgan fingerprint density at radius 2 is 2.12 bits per heavy atom. The van der Waals surface area contributed by atoms with Crippen LogP contribution in [0.3, 0.4) is 0 Å². The predicted molar refractivity (Wildman–Crippen MR) is 64.5 cm³/mol. The first kappa shape index (κ1) is 10.9. The van der Waals surface area contributed by atoms with Gasteiger partial charge in [-0.1, -0.05) is 32.0 Å². The molecule has 1 aromatic carbocycles. The molecule has 0 amide bonds. The molecular formula is C13H16N2O. The minimum atomic E-state index is 0.0401. The number of hydrogen-bond donors (Lipinski definition) is 0. The molecule has 16 heavy (non-hydrogen) atoms. The van der Waals surface area contributed by atoms with Crippen molar-refractivity contribution >= 4 is 16.7 Å². The topological polar surface area (TPSA) is 34.9 Å². The summed E-state index contributed by atoms with van der Waals surface area (Å²) in [4.78, 5) is 12.1. The van der Waals surface area contributed by atoms with Crippen molar-refractivity contribution in [3.8, 4) is 0 Å². The number of benzene rings is 1. The fourth-order valence-corrected chi connectivity index (χ4v) is 1.81. The minimum absolute atomic E-state index is 0.0401. The highest BCUT2D eigenvalue weighted by molar-refractivity contribution is 6.06. The zero-order valence-electron chi connectivity index (χ0n) is 9.90. The molecule has 1 unspecified atom stereocenters. The van der Waals surface area contributed by atoms with Crippen molar-refractivity contribution in [2.24, 2.45) is 13.0 Å². The van der Waals surface area contributed by atoms with Crippen LogP contribution >= 0.6 is 0 Å². The van der Waals surface area contributed by atoms with E-state index in [-0.39, 0.29) is 11.7 Å². The Hall–Kier alpha value is -1.64. The van der Waals surface area contributed by atoms with Gasteiger partial charge in [0.1, 0.15) is 5.69 Å². The summed E-state index contributed by atoms with van der Waals surface area (Å²) in [7, 11) is 1.87. The highest BCUT2D eigenvalue weighted by atomic mass is 16.1. The van der Waals surface area contributed by atoms with Crippen molar-refractivity contribution in [1.82, 2.24) is 9.78 Å². The molecule has 0 saturated heterocycles. The van der Waals surface area contributed by atoms with Crippen LogP contribution in [0.15, 0.2) is 24.3 Å². The van der Waals surface area contributed by atoms with E-state index in [0.717, 1.165) is 17.3 Å². The molecule has 0 saturated carbocycles. The van der Waals surface area contributed by atoms with Crippen molar-refractivity contribution in [3.05, 3.63) is 30.0 Å². The number of rotatable bonds is 3. The van der Waals surface area contributed by atoms with Gasteiger partial charge in [0.2, 0.25) is 0 Å². The summed E-state index contributed by atoms with van der Waals surface area (Å²) in [5.74, 6) is 0.178. The molecule has 0 aliphatic rings. The molecule has 3 heteroatoms. The number of carbonyl (C=O) groups is 1. The van der Waals surface area contributed by atoms with Gasteiger partial charge in [-0.2, -0.15) is 5.10 Å². The van der Waals surface area contributed by atoms with Crippen molar-refractivity contribution in [3.63, 3.8) is 0 Å². The number of ketones is 1. The van der Waals surface area contributed by atoms with E-state index < -0.39 is 0 Å². The van der Waals surface area contributed by atoms with Gasteiger partial charge in [0.05, 0.1) is 5.52 Å². The number of carbonyl (C=O) groups excluding carboxylic acids is 1. The molecule has 2 rings (SSSR count). The fourth-order valence-electron chi connectivity index (χ4n) is 1.81. The van der Waals surface area contributed by atoms with E-state index in [0.29, 0.717) is 5.69 Å². The zero-order valence-corrected chi connectivity index (χ0v) is 9.90. The number of aromatic nitrogens is 2. The van der Waals surface area contributed by atoms with Crippen LogP contribution in [-0.2, 0) is 7.05 Å². The van der Waals surface area contributed by atoms with E-state index in [1.165, 1.54) is 0 Å². The Morgan fingerprint density at radius 3 is 2.81 bits per heavy atom. The lowest BCUT2D eigenvalue weighted by Crippen LogP contribution is -2.11. The van der Waals surface area contributed by atoms with Gasteiger partial charge >= 0.3 is 0 Å². The average Bonchev–Trinajstić information content (AvgIpc) is 2.65. The molecule has 3 nitrogen and oxygen atoms in total. The lowest BCUT2D eigenvalue weighted by Gasteiger charge is -2.04. The molecule has 2 aromatic rings. The van der Waals surface area contributed by atoms with Crippen molar-refractivity contribution in [2.75, 3.05) is 0 Å². The fraction of sp³-hybridized carbons (Fsp3) is 0.385. The molecule has 1 aromatic heterocycles. The Morgan fingerprint density at radius 1 is 1.44 bits per heavy atom. The number of para-hydroxylation sites is 1. The third-order valence-corrected chi connectivity index (χ3v) is 3.05. The summed E-state index contributed by atoms with van der Waals surface area (Å²) in [6.45, 7) is 3.97. The molecule has 84 valence electrons. The van der Waals surface area contributed by atoms with Crippen LogP contribution < -0.4 is 0 Å². The first-order valence-electron chi connectivity index (χ1n) is 5.61. The van der Waals surface area contributed by atoms with Gasteiger partial charge in [0, 0.05) is 18.4 Å². The van der Waals surface area contributed by atoms with Crippen LogP contribution in [0.5, 0.6) is 0 Å². The van der Waals surface area contributed by atoms with Gasteiger partial charge in [0.25, 0.3) is 0 Å². The number of fused-ring (bicyclic) bond motifs is 1. The molecule has 0 N–H and O–H groups in total. The molecule has 0 bridgehead atoms. The van der Waals surface area contributed by atoms with Crippen molar-refractivity contribution < 1.29 is 4.79 Å². The van der Waals surface area contributed by atoms with E-state index in [9.17, 15) is 4.79 Å². The number of Topliss-reactive ketones (excluding diaryl/α,β-unsaturated/α-hetero) is 1. The van der Waals surface area contributed by atoms with Crippen molar-refractivity contribution in [2.45, 2.75) is 20.3 Å². The lowest BCUT2D eigenvalue weighted by atomic mass is 9.99. The third-order valence-electron chi connectivity index (χ3n) is 3.05. The van der Waals surface area contributed by atoms with Gasteiger partial charge in [-0.05, 0) is 12.5 Å². The molecular weight excluding hydrogens is 200 g/mol. The summed E-state index contributed by atoms with van der Waals surface area (Å²) in [6, 6.07) is 7.84. The lowest BCUT2D eigenvalue weighted by molar-refractivity contribution is 0.0923. The second-order valence-electron chi connectivity index (χ2n) is 4.16. The first-order valence-corrected chi connectivity index (χ1v) is 5.61. The van der Waals surface area contributed by atoms with Gasteiger partial charge in [0.15, 0.2) is 5.78 Å². The number of nitrogens with zero attached hydrogens (tertiary/aromatic N) is 2. The highest BCUT2D eigenvalue weighted by Gasteiger charge is 2.19. The van der Waals surface area contributed by atoms with E-state index in [4.69, 9.17) is 0 Å². The monoisotopic (exact) mass is 216 g/mol. The second-order valence-corrected chi connectivity index (χ2v) is 4.16. The quantitative estimate of drug-likeness (QED) is 0.739. The van der Waals surface area contributed by atoms with Crippen LogP contribution in [0.25, 0.3) is 10.9 Å². The Bertz CT molecular complexity index is 528. The maximum Gasteiger partial charge on any atom is 0.186 e. The highest BCUT2D eigenvalue weighted by Crippen LogP contribution is 2.21. The largest absolute Gasteiger partial charge is 0.292 e. The maximum atomic E-state index is 12.1. The molecule has 0 aliphatic carbocycles. The zero-order chi connectivity index (χ0) is 11.7. The van der Waals surface area contributed by atoms with E-state index >= 15 is 0 Å². The van der Waals surface area contributed by atoms with E-state index in [2.05, 4.69) is 5.10 Å². The van der Waals surface area contributed by atoms with E-state index in [1.807, 2.05) is 45.2 Å². The van der Waals surface area contributed by atoms with Gasteiger partial charge in [-0.15, -0.1) is 0 Å². The molecule has 0 spiro atoms. The summed E-state index contributed by atoms with van der Waals surface area (Å²) in [5, 5.41) is 5.28. The predicted octanol–water partition coefficient (Wildman–Crippen LogP) is 2.80. The smallest absolute Gasteiger partial charge is 0.186 e. The molecule has 1 atom stereocenters. The Balaban J connectivity index is 2.57. The van der Waals surface area contributed by atoms with Gasteiger partial charge < -0.3 is 0 Å². The standard InChI is InChI=1S/C13H16N2O/c1-4-9(2)13(16)12-10-7-5-6-8-11(10)15(3)14-12/h5-9H,4H2,1-3H3. The van der Waals surface area contributed by atoms with Crippen molar-refractivity contribution in [1.29, 1.82) is 0 Å². The second kappa shape index (κ2) is 4.08. The number of hydrogen-bond acceptors (Lipinski definition) is 2. The minimum Gasteiger partial charge on any atom is -0.292 e. The summed E-state index contributed by atoms with van der Waals surface area (Å²) in [5.41, 5.74) is 1.61. The van der Waals surface area contributed by atoms with Crippen LogP contribution in [0.4, 0.5) is 0 Å². The van der Waals surface area contributed by atoms with Crippen LogP contribution in [0.2, 0.25) is 0 Å². The molecule has 1 heterocycles. The van der Waals surface area contributed by atoms with Gasteiger partial charge in [-0.3, -0.25) is 9.48 Å². The Labute approximate surface area is 95.1 Å². The number of aryl methyl sites for hydroxylation is 1. The molecule has 0 fully saturated rings. The summed E-state index contributed by atoms with van der Waals surface area (Å²) < 4.78 is 1.77. The Kier molecular flexibility index (Phi) is 2.77. The summed E-state index contributed by atoms with van der Waals surface area (Å²) in [6.07, 6.45) is 0.851. The third kappa shape index (κ3) is 1.62. The molecule has 0 aliphatic heterocycles. The summed E-state index contributed by atoms with van der Waals surface area (Å²) >= 11 is 0. The van der Waals surface area contributed by atoms with Crippen LogP contribution in [-0.4, -0.2) is 15.6 Å². The normalized spacial score (nSPS) is 12.9. The van der Waals surface area contributed by atoms with Crippen LogP contribution in [0, 0.1) is 5.92 Å². The van der Waals surface area contributed by atoms with E-state index in [1.54, 1.807) is 4.68 Å². The maximum absolute atomic E-state index is 12.1. The average molecular weight is 216 g/mol. The van der Waals surface area contributed by atoms with Gasteiger partial charge in [-0.25, -0.2) is 0 Å². The van der Waals surface area contributed by atoms with Crippen LogP contribution in [0.1, 0.15) is 30.8 Å².